The number of esters is 1. The number of hydrazone groups is 1. The molecule has 2 aromatic carbocycles. The Bertz CT molecular complexity index is 1400. The van der Waals surface area contributed by atoms with E-state index in [1.54, 1.807) is 6.92 Å². The minimum atomic E-state index is -1.05. The number of hydrogen-bond donors (Lipinski definition) is 4. The minimum absolute atomic E-state index is 0.111. The van der Waals surface area contributed by atoms with Gasteiger partial charge in [-0.2, -0.15) is 5.10 Å². The van der Waals surface area contributed by atoms with Crippen LogP contribution in [0.3, 0.4) is 0 Å². The first-order valence-corrected chi connectivity index (χ1v) is 12.0. The lowest BCUT2D eigenvalue weighted by molar-refractivity contribution is -0.136. The molecule has 39 heavy (non-hydrogen) atoms. The van der Waals surface area contributed by atoms with Crippen LogP contribution in [0.4, 0.5) is 11.4 Å². The van der Waals surface area contributed by atoms with Gasteiger partial charge >= 0.3 is 29.6 Å². The molecule has 4 amide bonds. The van der Waals surface area contributed by atoms with Gasteiger partial charge in [-0.1, -0.05) is 23.2 Å². The Hall–Kier alpha value is -4.68. The van der Waals surface area contributed by atoms with Crippen molar-refractivity contribution < 1.29 is 33.1 Å². The Morgan fingerprint density at radius 3 is 2.15 bits per heavy atom. The van der Waals surface area contributed by atoms with Gasteiger partial charge in [0, 0.05) is 21.4 Å². The lowest BCUT2D eigenvalue weighted by atomic mass is 10.2. The van der Waals surface area contributed by atoms with Crippen LogP contribution in [0.25, 0.3) is 0 Å². The number of benzene rings is 2. The monoisotopic (exact) mass is 573 g/mol. The maximum Gasteiger partial charge on any atom is 0.338 e. The highest BCUT2D eigenvalue weighted by Gasteiger charge is 2.16. The first-order valence-electron chi connectivity index (χ1n) is 11.2. The highest BCUT2D eigenvalue weighted by Crippen LogP contribution is 2.22. The molecule has 0 aliphatic rings. The van der Waals surface area contributed by atoms with E-state index in [2.05, 4.69) is 21.1 Å². The van der Waals surface area contributed by atoms with Gasteiger partial charge in [-0.3, -0.25) is 19.2 Å². The van der Waals surface area contributed by atoms with Crippen LogP contribution in [-0.2, 0) is 30.5 Å². The number of ether oxygens (including phenoxy) is 1. The number of amides is 4. The Morgan fingerprint density at radius 2 is 1.49 bits per heavy atom. The van der Waals surface area contributed by atoms with Crippen molar-refractivity contribution >= 4 is 70.4 Å². The quantitative estimate of drug-likeness (QED) is 0.139. The molecular formula is C25H21Cl2N5O7. The molecule has 1 aromatic heterocycles. The van der Waals surface area contributed by atoms with Crippen molar-refractivity contribution in [2.75, 3.05) is 17.2 Å². The maximum absolute atomic E-state index is 12.1. The van der Waals surface area contributed by atoms with E-state index in [0.29, 0.717) is 21.4 Å². The fourth-order valence-corrected chi connectivity index (χ4v) is 3.44. The molecule has 4 N–H and O–H groups in total. The fraction of sp³-hybridized carbons (Fsp3) is 0.120. The number of nitrogens with zero attached hydrogens (tertiary/aromatic N) is 1. The van der Waals surface area contributed by atoms with E-state index >= 15 is 0 Å². The third-order valence-corrected chi connectivity index (χ3v) is 5.09. The molecule has 0 aliphatic carbocycles. The first-order chi connectivity index (χ1) is 18.6. The molecule has 0 spiro atoms. The van der Waals surface area contributed by atoms with Crippen LogP contribution < -0.4 is 21.4 Å². The van der Waals surface area contributed by atoms with Gasteiger partial charge in [0.05, 0.1) is 24.9 Å². The van der Waals surface area contributed by atoms with Crippen LogP contribution in [0, 0.1) is 0 Å². The predicted octanol–water partition coefficient (Wildman–Crippen LogP) is 3.11. The molecule has 3 aromatic rings. The SMILES string of the molecule is CCOC(=O)c1ccc(NC(=O)C(=O)N/N=C/c2ccc(CNC(=O)C(=O)Nc3cc(Cl)cc(Cl)c3)o2)cc1. The molecule has 1 heterocycles. The summed E-state index contributed by atoms with van der Waals surface area (Å²) in [6.45, 7) is 1.80. The zero-order chi connectivity index (χ0) is 28.4. The Kier molecular flexibility index (Phi) is 10.2. The molecule has 0 radical (unpaired) electrons. The van der Waals surface area contributed by atoms with Gasteiger partial charge in [0.2, 0.25) is 0 Å². The number of rotatable bonds is 8. The van der Waals surface area contributed by atoms with Crippen LogP contribution in [0.15, 0.2) is 64.1 Å². The van der Waals surface area contributed by atoms with Crippen molar-refractivity contribution in [2.45, 2.75) is 13.5 Å². The number of halogens is 2. The topological polar surface area (TPSA) is 168 Å². The van der Waals surface area contributed by atoms with Crippen LogP contribution in [0.2, 0.25) is 10.0 Å². The number of carbonyl (C=O) groups is 5. The summed E-state index contributed by atoms with van der Waals surface area (Å²) in [6.07, 6.45) is 1.14. The second-order valence-corrected chi connectivity index (χ2v) is 8.42. The smallest absolute Gasteiger partial charge is 0.338 e. The van der Waals surface area contributed by atoms with E-state index in [-0.39, 0.29) is 30.3 Å². The number of nitrogens with one attached hydrogen (secondary N) is 4. The van der Waals surface area contributed by atoms with Gasteiger partial charge in [0.15, 0.2) is 0 Å². The number of hydrogen-bond acceptors (Lipinski definition) is 8. The average molecular weight is 574 g/mol. The van der Waals surface area contributed by atoms with Gasteiger partial charge in [-0.15, -0.1) is 0 Å². The highest BCUT2D eigenvalue weighted by atomic mass is 35.5. The van der Waals surface area contributed by atoms with E-state index in [9.17, 15) is 24.0 Å². The molecule has 0 saturated carbocycles. The van der Waals surface area contributed by atoms with Gasteiger partial charge in [0.1, 0.15) is 11.5 Å². The molecule has 0 aliphatic heterocycles. The second kappa shape index (κ2) is 13.7. The van der Waals surface area contributed by atoms with Crippen molar-refractivity contribution in [3.05, 3.63) is 81.7 Å². The van der Waals surface area contributed by atoms with Crippen molar-refractivity contribution in [1.29, 1.82) is 0 Å². The standard InChI is InChI=1S/C25H21Cl2N5O7/c1-2-38-25(37)14-3-5-17(6-4-14)30-23(35)24(36)32-29-13-20-8-7-19(39-20)12-28-21(33)22(34)31-18-10-15(26)9-16(27)11-18/h3-11,13H,2,12H2,1H3,(H,28,33)(H,30,35)(H,31,34)(H,32,36)/b29-13+. The zero-order valence-electron chi connectivity index (χ0n) is 20.2. The van der Waals surface area contributed by atoms with E-state index in [1.165, 1.54) is 54.6 Å². The van der Waals surface area contributed by atoms with Crippen molar-refractivity contribution in [2.24, 2.45) is 5.10 Å². The molecule has 0 atom stereocenters. The second-order valence-electron chi connectivity index (χ2n) is 7.55. The van der Waals surface area contributed by atoms with Crippen LogP contribution in [0.5, 0.6) is 0 Å². The van der Waals surface area contributed by atoms with Gasteiger partial charge in [0.25, 0.3) is 0 Å². The van der Waals surface area contributed by atoms with E-state index < -0.39 is 29.6 Å². The lowest BCUT2D eigenvalue weighted by Crippen LogP contribution is -2.34. The molecule has 0 unspecified atom stereocenters. The summed E-state index contributed by atoms with van der Waals surface area (Å²) < 4.78 is 10.3. The summed E-state index contributed by atoms with van der Waals surface area (Å²) >= 11 is 11.7. The van der Waals surface area contributed by atoms with Crippen molar-refractivity contribution in [3.8, 4) is 0 Å². The lowest BCUT2D eigenvalue weighted by Gasteiger charge is -2.06. The molecule has 12 nitrogen and oxygen atoms in total. The molecule has 14 heteroatoms. The van der Waals surface area contributed by atoms with E-state index in [0.717, 1.165) is 6.21 Å². The first kappa shape index (κ1) is 28.9. The van der Waals surface area contributed by atoms with Crippen LogP contribution >= 0.6 is 23.2 Å². The Morgan fingerprint density at radius 1 is 0.846 bits per heavy atom. The van der Waals surface area contributed by atoms with Crippen LogP contribution in [-0.4, -0.2) is 42.4 Å². The molecule has 0 saturated heterocycles. The third-order valence-electron chi connectivity index (χ3n) is 4.65. The summed E-state index contributed by atoms with van der Waals surface area (Å²) in [5, 5.41) is 11.4. The van der Waals surface area contributed by atoms with Gasteiger partial charge < -0.3 is 25.1 Å². The summed E-state index contributed by atoms with van der Waals surface area (Å²) in [7, 11) is 0. The number of furan rings is 1. The van der Waals surface area contributed by atoms with Crippen LogP contribution in [0.1, 0.15) is 28.8 Å². The molecule has 0 bridgehead atoms. The molecule has 3 rings (SSSR count). The zero-order valence-corrected chi connectivity index (χ0v) is 21.8. The Balaban J connectivity index is 1.43. The Labute approximate surface area is 231 Å². The van der Waals surface area contributed by atoms with Gasteiger partial charge in [-0.25, -0.2) is 10.2 Å². The highest BCUT2D eigenvalue weighted by molar-refractivity contribution is 6.40. The summed E-state index contributed by atoms with van der Waals surface area (Å²) in [6, 6.07) is 13.1. The predicted molar refractivity (Wildman–Crippen MR) is 142 cm³/mol. The average Bonchev–Trinajstić information content (AvgIpc) is 3.34. The third kappa shape index (κ3) is 8.98. The summed E-state index contributed by atoms with van der Waals surface area (Å²) in [5.74, 6) is -3.91. The van der Waals surface area contributed by atoms with Crippen molar-refractivity contribution in [1.82, 2.24) is 10.7 Å². The van der Waals surface area contributed by atoms with E-state index in [1.807, 2.05) is 5.43 Å². The fourth-order valence-electron chi connectivity index (χ4n) is 2.92. The molecule has 202 valence electrons. The minimum Gasteiger partial charge on any atom is -0.462 e. The van der Waals surface area contributed by atoms with E-state index in [4.69, 9.17) is 32.4 Å². The van der Waals surface area contributed by atoms with Gasteiger partial charge in [-0.05, 0) is 61.5 Å². The summed E-state index contributed by atoms with van der Waals surface area (Å²) in [4.78, 5) is 59.8. The maximum atomic E-state index is 12.1. The normalized spacial score (nSPS) is 10.5. The largest absolute Gasteiger partial charge is 0.462 e. The molecular weight excluding hydrogens is 553 g/mol. The number of anilines is 2. The summed E-state index contributed by atoms with van der Waals surface area (Å²) in [5.41, 5.74) is 2.89. The number of carbonyl (C=O) groups excluding carboxylic acids is 5. The van der Waals surface area contributed by atoms with Crippen molar-refractivity contribution in [3.63, 3.8) is 0 Å². The molecule has 0 fully saturated rings.